The van der Waals surface area contributed by atoms with Crippen molar-refractivity contribution in [3.8, 4) is 0 Å². The van der Waals surface area contributed by atoms with E-state index in [-0.39, 0.29) is 42.6 Å². The number of ether oxygens (including phenoxy) is 1. The molecular formula is C18H19N5O7S. The zero-order valence-corrected chi connectivity index (χ0v) is 17.2. The maximum Gasteiger partial charge on any atom is 0.295 e. The molecule has 0 amide bonds. The molecule has 0 unspecified atom stereocenters. The SMILES string of the molecule is C/C(=N/Nc1ccc(S(=O)(=O)N2CCOCC2)cc1[N+](=O)[O-])c1cccc([N+](=O)[O-])c1. The highest BCUT2D eigenvalue weighted by atomic mass is 32.2. The summed E-state index contributed by atoms with van der Waals surface area (Å²) in [6, 6.07) is 9.27. The van der Waals surface area contributed by atoms with Crippen molar-refractivity contribution in [2.45, 2.75) is 11.8 Å². The highest BCUT2D eigenvalue weighted by Crippen LogP contribution is 2.29. The van der Waals surface area contributed by atoms with Crippen LogP contribution >= 0.6 is 0 Å². The summed E-state index contributed by atoms with van der Waals surface area (Å²) in [6.07, 6.45) is 0. The molecule has 1 N–H and O–H groups in total. The summed E-state index contributed by atoms with van der Waals surface area (Å²) in [5.74, 6) is 0. The molecule has 0 spiro atoms. The van der Waals surface area contributed by atoms with Crippen LogP contribution in [0.15, 0.2) is 52.5 Å². The highest BCUT2D eigenvalue weighted by Gasteiger charge is 2.28. The van der Waals surface area contributed by atoms with Crippen LogP contribution < -0.4 is 5.43 Å². The van der Waals surface area contributed by atoms with E-state index >= 15 is 0 Å². The average molecular weight is 449 g/mol. The number of nitrogens with zero attached hydrogens (tertiary/aromatic N) is 4. The van der Waals surface area contributed by atoms with Crippen molar-refractivity contribution in [2.24, 2.45) is 5.10 Å². The van der Waals surface area contributed by atoms with Gasteiger partial charge in [0.1, 0.15) is 5.69 Å². The van der Waals surface area contributed by atoms with Gasteiger partial charge in [0.2, 0.25) is 10.0 Å². The van der Waals surface area contributed by atoms with Crippen molar-refractivity contribution < 1.29 is 23.0 Å². The van der Waals surface area contributed by atoms with E-state index in [4.69, 9.17) is 4.74 Å². The number of morpholine rings is 1. The molecule has 1 aliphatic rings. The average Bonchev–Trinajstić information content (AvgIpc) is 2.77. The molecule has 0 atom stereocenters. The minimum absolute atomic E-state index is 0.0179. The summed E-state index contributed by atoms with van der Waals surface area (Å²) < 4.78 is 31.9. The normalized spacial score (nSPS) is 15.5. The summed E-state index contributed by atoms with van der Waals surface area (Å²) in [6.45, 7) is 2.43. The van der Waals surface area contributed by atoms with Gasteiger partial charge in [-0.2, -0.15) is 9.41 Å². The molecule has 1 aliphatic heterocycles. The molecule has 0 aromatic heterocycles. The Labute approximate surface area is 177 Å². The Hall–Kier alpha value is -3.42. The van der Waals surface area contributed by atoms with Crippen molar-refractivity contribution >= 4 is 32.8 Å². The van der Waals surface area contributed by atoms with Gasteiger partial charge in [0, 0.05) is 36.9 Å². The first-order valence-electron chi connectivity index (χ1n) is 9.11. The third-order valence-electron chi connectivity index (χ3n) is 4.59. The number of sulfonamides is 1. The lowest BCUT2D eigenvalue weighted by Crippen LogP contribution is -2.40. The molecule has 0 saturated carbocycles. The maximum atomic E-state index is 12.8. The Balaban J connectivity index is 1.88. The second kappa shape index (κ2) is 9.16. The van der Waals surface area contributed by atoms with E-state index in [0.29, 0.717) is 11.3 Å². The Kier molecular flexibility index (Phi) is 6.58. The topological polar surface area (TPSA) is 157 Å². The summed E-state index contributed by atoms with van der Waals surface area (Å²) >= 11 is 0. The van der Waals surface area contributed by atoms with Crippen molar-refractivity contribution in [3.05, 3.63) is 68.3 Å². The first-order chi connectivity index (χ1) is 14.7. The first kappa shape index (κ1) is 22.3. The molecule has 1 fully saturated rings. The minimum atomic E-state index is -3.90. The minimum Gasteiger partial charge on any atom is -0.379 e. The smallest absolute Gasteiger partial charge is 0.295 e. The van der Waals surface area contributed by atoms with Gasteiger partial charge >= 0.3 is 0 Å². The number of hydrazone groups is 1. The van der Waals surface area contributed by atoms with Gasteiger partial charge in [0.15, 0.2) is 0 Å². The fourth-order valence-corrected chi connectivity index (χ4v) is 4.34. The van der Waals surface area contributed by atoms with Crippen LogP contribution in [0.4, 0.5) is 17.1 Å². The fraction of sp³-hybridized carbons (Fsp3) is 0.278. The van der Waals surface area contributed by atoms with E-state index in [1.165, 1.54) is 34.6 Å². The van der Waals surface area contributed by atoms with Gasteiger partial charge in [0.25, 0.3) is 11.4 Å². The molecule has 0 aliphatic carbocycles. The van der Waals surface area contributed by atoms with Gasteiger partial charge in [-0.25, -0.2) is 8.42 Å². The lowest BCUT2D eigenvalue weighted by Gasteiger charge is -2.26. The van der Waals surface area contributed by atoms with Gasteiger partial charge < -0.3 is 4.74 Å². The zero-order valence-electron chi connectivity index (χ0n) is 16.4. The molecule has 1 heterocycles. The maximum absolute atomic E-state index is 12.8. The first-order valence-corrected chi connectivity index (χ1v) is 10.6. The molecule has 2 aromatic carbocycles. The second-order valence-corrected chi connectivity index (χ2v) is 8.51. The standard InChI is InChI=1S/C18H19N5O7S/c1-13(14-3-2-4-15(11-14)22(24)25)19-20-17-6-5-16(12-18(17)23(26)27)31(28,29)21-7-9-30-10-8-21/h2-6,11-12,20H,7-10H2,1H3/b19-13-. The fourth-order valence-electron chi connectivity index (χ4n) is 2.91. The van der Waals surface area contributed by atoms with Crippen molar-refractivity contribution in [1.82, 2.24) is 4.31 Å². The molecule has 0 bridgehead atoms. The number of nitro groups is 2. The molecule has 31 heavy (non-hydrogen) atoms. The predicted octanol–water partition coefficient (Wildman–Crippen LogP) is 2.36. The number of benzene rings is 2. The number of nitro benzene ring substituents is 2. The van der Waals surface area contributed by atoms with E-state index in [9.17, 15) is 28.6 Å². The number of hydrogen-bond donors (Lipinski definition) is 1. The Morgan fingerprint density at radius 2 is 1.81 bits per heavy atom. The lowest BCUT2D eigenvalue weighted by molar-refractivity contribution is -0.384. The molecular weight excluding hydrogens is 430 g/mol. The van der Waals surface area contributed by atoms with E-state index in [0.717, 1.165) is 6.07 Å². The van der Waals surface area contributed by atoms with Gasteiger partial charge in [0.05, 0.1) is 33.7 Å². The summed E-state index contributed by atoms with van der Waals surface area (Å²) in [5, 5.41) is 26.5. The number of anilines is 1. The Morgan fingerprint density at radius 3 is 2.45 bits per heavy atom. The Morgan fingerprint density at radius 1 is 1.10 bits per heavy atom. The number of nitrogens with one attached hydrogen (secondary N) is 1. The van der Waals surface area contributed by atoms with Crippen LogP contribution in [0.2, 0.25) is 0 Å². The molecule has 13 heteroatoms. The highest BCUT2D eigenvalue weighted by molar-refractivity contribution is 7.89. The molecule has 3 rings (SSSR count). The lowest BCUT2D eigenvalue weighted by atomic mass is 10.1. The number of non-ortho nitro benzene ring substituents is 1. The van der Waals surface area contributed by atoms with Crippen LogP contribution in [0.5, 0.6) is 0 Å². The molecule has 0 radical (unpaired) electrons. The van der Waals surface area contributed by atoms with Crippen LogP contribution in [0.1, 0.15) is 12.5 Å². The third kappa shape index (κ3) is 5.02. The van der Waals surface area contributed by atoms with Crippen LogP contribution in [-0.4, -0.2) is 54.6 Å². The quantitative estimate of drug-likeness (QED) is 0.383. The number of rotatable bonds is 7. The largest absolute Gasteiger partial charge is 0.379 e. The van der Waals surface area contributed by atoms with Crippen LogP contribution in [0.3, 0.4) is 0 Å². The third-order valence-corrected chi connectivity index (χ3v) is 6.49. The van der Waals surface area contributed by atoms with Gasteiger partial charge in [-0.05, 0) is 19.1 Å². The second-order valence-electron chi connectivity index (χ2n) is 6.57. The molecule has 2 aromatic rings. The monoisotopic (exact) mass is 449 g/mol. The van der Waals surface area contributed by atoms with Crippen LogP contribution in [0, 0.1) is 20.2 Å². The zero-order chi connectivity index (χ0) is 22.6. The van der Waals surface area contributed by atoms with Gasteiger partial charge in [-0.1, -0.05) is 12.1 Å². The van der Waals surface area contributed by atoms with E-state index in [2.05, 4.69) is 10.5 Å². The van der Waals surface area contributed by atoms with Crippen molar-refractivity contribution in [3.63, 3.8) is 0 Å². The predicted molar refractivity (Wildman–Crippen MR) is 112 cm³/mol. The summed E-state index contributed by atoms with van der Waals surface area (Å²) in [4.78, 5) is 21.0. The molecule has 164 valence electrons. The summed E-state index contributed by atoms with van der Waals surface area (Å²) in [5.41, 5.74) is 2.75. The molecule has 1 saturated heterocycles. The van der Waals surface area contributed by atoms with E-state index < -0.39 is 25.6 Å². The molecule has 12 nitrogen and oxygen atoms in total. The van der Waals surface area contributed by atoms with E-state index in [1.807, 2.05) is 0 Å². The van der Waals surface area contributed by atoms with Crippen LogP contribution in [0.25, 0.3) is 0 Å². The van der Waals surface area contributed by atoms with Crippen LogP contribution in [-0.2, 0) is 14.8 Å². The van der Waals surface area contributed by atoms with E-state index in [1.54, 1.807) is 13.0 Å². The van der Waals surface area contributed by atoms with Crippen molar-refractivity contribution in [2.75, 3.05) is 31.7 Å². The van der Waals surface area contributed by atoms with Crippen molar-refractivity contribution in [1.29, 1.82) is 0 Å². The summed E-state index contributed by atoms with van der Waals surface area (Å²) in [7, 11) is -3.90. The van der Waals surface area contributed by atoms with Gasteiger partial charge in [-0.15, -0.1) is 0 Å². The Bertz CT molecular complexity index is 1140. The van der Waals surface area contributed by atoms with Gasteiger partial charge in [-0.3, -0.25) is 25.7 Å². The number of hydrogen-bond acceptors (Lipinski definition) is 9.